The zero-order valence-electron chi connectivity index (χ0n) is 21.3. The molecule has 206 valence electrons. The summed E-state index contributed by atoms with van der Waals surface area (Å²) in [7, 11) is 0. The van der Waals surface area contributed by atoms with E-state index in [1.54, 1.807) is 42.5 Å². The molecule has 0 amide bonds. The predicted molar refractivity (Wildman–Crippen MR) is 141 cm³/mol. The van der Waals surface area contributed by atoms with Crippen LogP contribution in [0, 0.1) is 11.3 Å². The Morgan fingerprint density at radius 1 is 1.05 bits per heavy atom. The highest BCUT2D eigenvalue weighted by Crippen LogP contribution is 2.40. The van der Waals surface area contributed by atoms with Crippen molar-refractivity contribution in [1.29, 1.82) is 5.26 Å². The molecule has 0 saturated heterocycles. The molecule has 7 nitrogen and oxygen atoms in total. The van der Waals surface area contributed by atoms with Crippen LogP contribution in [0.1, 0.15) is 45.1 Å². The number of pyridine rings is 1. The molecule has 2 heterocycles. The van der Waals surface area contributed by atoms with Gasteiger partial charge in [-0.2, -0.15) is 18.4 Å². The van der Waals surface area contributed by atoms with Crippen molar-refractivity contribution in [2.45, 2.75) is 24.9 Å². The third-order valence-electron chi connectivity index (χ3n) is 6.63. The van der Waals surface area contributed by atoms with Crippen molar-refractivity contribution in [3.8, 4) is 34.6 Å². The first-order valence-electron chi connectivity index (χ1n) is 12.5. The second kappa shape index (κ2) is 11.1. The van der Waals surface area contributed by atoms with Crippen LogP contribution >= 0.6 is 0 Å². The van der Waals surface area contributed by atoms with Gasteiger partial charge < -0.3 is 14.6 Å². The maximum atomic E-state index is 12.9. The van der Waals surface area contributed by atoms with Gasteiger partial charge in [-0.05, 0) is 61.0 Å². The number of nitriles is 1. The van der Waals surface area contributed by atoms with Crippen molar-refractivity contribution in [2.24, 2.45) is 0 Å². The number of rotatable bonds is 7. The van der Waals surface area contributed by atoms with Gasteiger partial charge in [-0.25, -0.2) is 0 Å². The highest BCUT2D eigenvalue weighted by molar-refractivity contribution is 5.97. The number of alkyl halides is 3. The van der Waals surface area contributed by atoms with Gasteiger partial charge in [-0.1, -0.05) is 18.2 Å². The number of benzene rings is 3. The molecule has 41 heavy (non-hydrogen) atoms. The molecule has 0 fully saturated rings. The molecule has 1 aromatic heterocycles. The summed E-state index contributed by atoms with van der Waals surface area (Å²) in [6.45, 7) is 0.230. The number of carbonyl (C=O) groups is 2. The van der Waals surface area contributed by atoms with E-state index in [2.05, 4.69) is 4.98 Å². The van der Waals surface area contributed by atoms with Crippen LogP contribution in [-0.4, -0.2) is 28.4 Å². The van der Waals surface area contributed by atoms with Gasteiger partial charge in [0.1, 0.15) is 23.3 Å². The second-order valence-electron chi connectivity index (χ2n) is 9.34. The zero-order valence-corrected chi connectivity index (χ0v) is 21.3. The first kappa shape index (κ1) is 27.4. The Hall–Kier alpha value is -5.17. The summed E-state index contributed by atoms with van der Waals surface area (Å²) in [5, 5.41) is 19.1. The van der Waals surface area contributed by atoms with Gasteiger partial charge in [-0.15, -0.1) is 0 Å². The number of aromatic nitrogens is 1. The molecule has 5 rings (SSSR count). The summed E-state index contributed by atoms with van der Waals surface area (Å²) in [4.78, 5) is 28.9. The molecule has 0 aliphatic carbocycles. The maximum Gasteiger partial charge on any atom is 0.416 e. The fourth-order valence-electron chi connectivity index (χ4n) is 4.52. The number of fused-ring (bicyclic) bond motifs is 1. The van der Waals surface area contributed by atoms with E-state index >= 15 is 0 Å². The average Bonchev–Trinajstić information content (AvgIpc) is 2.96. The van der Waals surface area contributed by atoms with Crippen molar-refractivity contribution < 1.29 is 37.3 Å². The van der Waals surface area contributed by atoms with E-state index in [1.165, 1.54) is 24.3 Å². The van der Waals surface area contributed by atoms with E-state index in [0.717, 1.165) is 12.1 Å². The van der Waals surface area contributed by atoms with Gasteiger partial charge in [0.05, 0.1) is 35.8 Å². The summed E-state index contributed by atoms with van der Waals surface area (Å²) in [5.74, 6) is -1.10. The van der Waals surface area contributed by atoms with Gasteiger partial charge in [0, 0.05) is 28.5 Å². The van der Waals surface area contributed by atoms with Gasteiger partial charge in [0.2, 0.25) is 0 Å². The molecule has 0 spiro atoms. The first-order chi connectivity index (χ1) is 19.6. The highest BCUT2D eigenvalue weighted by atomic mass is 19.4. The minimum absolute atomic E-state index is 0.0276. The number of ether oxygens (including phenoxy) is 2. The average molecular weight is 559 g/mol. The number of aliphatic carboxylic acids is 1. The SMILES string of the molecule is N#Cc1cc2c(cc1Oc1ccc(C(=O)Cc3cccc(-c4ccc(C(F)(F)F)cc4)n3)cc1)OCCC2C(=O)O. The standard InChI is InChI=1S/C31H21F3N2O5/c32-31(33,34)21-8-4-18(5-9-21)26-3-1-2-22(36-26)15-27(37)19-6-10-23(11-7-19)41-28-16-29-25(14-20(28)17-35)24(30(38)39)12-13-40-29/h1-11,14,16,24H,12-13,15H2,(H,38,39). The van der Waals surface area contributed by atoms with Crippen LogP contribution in [0.2, 0.25) is 0 Å². The van der Waals surface area contributed by atoms with E-state index in [9.17, 15) is 33.1 Å². The summed E-state index contributed by atoms with van der Waals surface area (Å²) >= 11 is 0. The Kier molecular flexibility index (Phi) is 7.44. The molecule has 0 radical (unpaired) electrons. The molecule has 1 N–H and O–H groups in total. The topological polar surface area (TPSA) is 110 Å². The number of halogens is 3. The lowest BCUT2D eigenvalue weighted by molar-refractivity contribution is -0.139. The highest BCUT2D eigenvalue weighted by Gasteiger charge is 2.30. The zero-order chi connectivity index (χ0) is 29.1. The molecule has 1 aliphatic rings. The Labute approximate surface area is 232 Å². The van der Waals surface area contributed by atoms with E-state index < -0.39 is 23.6 Å². The van der Waals surface area contributed by atoms with Crippen LogP contribution in [0.4, 0.5) is 13.2 Å². The first-order valence-corrected chi connectivity index (χ1v) is 12.5. The molecular weight excluding hydrogens is 537 g/mol. The van der Waals surface area contributed by atoms with Crippen LogP contribution in [0.5, 0.6) is 17.2 Å². The maximum absolute atomic E-state index is 12.9. The largest absolute Gasteiger partial charge is 0.493 e. The van der Waals surface area contributed by atoms with Gasteiger partial charge >= 0.3 is 12.1 Å². The number of carboxylic acids is 1. The summed E-state index contributed by atoms with van der Waals surface area (Å²) in [6, 6.07) is 20.9. The van der Waals surface area contributed by atoms with Gasteiger partial charge in [-0.3, -0.25) is 14.6 Å². The van der Waals surface area contributed by atoms with Crippen LogP contribution in [-0.2, 0) is 17.4 Å². The van der Waals surface area contributed by atoms with Crippen LogP contribution in [0.25, 0.3) is 11.3 Å². The van der Waals surface area contributed by atoms with Gasteiger partial charge in [0.15, 0.2) is 5.78 Å². The van der Waals surface area contributed by atoms with Crippen LogP contribution in [0.3, 0.4) is 0 Å². The third-order valence-corrected chi connectivity index (χ3v) is 6.63. The molecule has 4 aromatic rings. The molecule has 1 aliphatic heterocycles. The van der Waals surface area contributed by atoms with E-state index in [4.69, 9.17) is 9.47 Å². The Bertz CT molecular complexity index is 1660. The molecular formula is C31H21F3N2O5. The molecule has 1 unspecified atom stereocenters. The molecule has 1 atom stereocenters. The molecule has 3 aromatic carbocycles. The van der Waals surface area contributed by atoms with E-state index in [-0.39, 0.29) is 30.1 Å². The Morgan fingerprint density at radius 2 is 1.78 bits per heavy atom. The summed E-state index contributed by atoms with van der Waals surface area (Å²) in [6.07, 6.45) is -4.16. The van der Waals surface area contributed by atoms with E-state index in [0.29, 0.717) is 46.0 Å². The molecule has 10 heteroatoms. The number of carbonyl (C=O) groups excluding carboxylic acids is 1. The van der Waals surface area contributed by atoms with Crippen molar-refractivity contribution in [3.63, 3.8) is 0 Å². The lowest BCUT2D eigenvalue weighted by Gasteiger charge is -2.24. The summed E-state index contributed by atoms with van der Waals surface area (Å²) in [5.41, 5.74) is 1.61. The van der Waals surface area contributed by atoms with E-state index in [1.807, 2.05) is 6.07 Å². The Morgan fingerprint density at radius 3 is 2.44 bits per heavy atom. The predicted octanol–water partition coefficient (Wildman–Crippen LogP) is 6.81. The number of hydrogen-bond donors (Lipinski definition) is 1. The molecule has 0 bridgehead atoms. The van der Waals surface area contributed by atoms with Crippen molar-refractivity contribution in [1.82, 2.24) is 4.98 Å². The third kappa shape index (κ3) is 6.04. The lowest BCUT2D eigenvalue weighted by Crippen LogP contribution is -2.21. The number of Topliss-reactive ketones (excluding diaryl/α,β-unsaturated/α-hetero) is 1. The molecule has 0 saturated carbocycles. The number of ketones is 1. The minimum Gasteiger partial charge on any atom is -0.493 e. The smallest absolute Gasteiger partial charge is 0.416 e. The van der Waals surface area contributed by atoms with Crippen LogP contribution < -0.4 is 9.47 Å². The lowest BCUT2D eigenvalue weighted by atomic mass is 9.91. The normalized spacial score (nSPS) is 14.3. The van der Waals surface area contributed by atoms with Crippen molar-refractivity contribution >= 4 is 11.8 Å². The minimum atomic E-state index is -4.43. The fourth-order valence-corrected chi connectivity index (χ4v) is 4.52. The van der Waals surface area contributed by atoms with Gasteiger partial charge in [0.25, 0.3) is 0 Å². The second-order valence-corrected chi connectivity index (χ2v) is 9.34. The van der Waals surface area contributed by atoms with Crippen molar-refractivity contribution in [2.75, 3.05) is 6.61 Å². The summed E-state index contributed by atoms with van der Waals surface area (Å²) < 4.78 is 50.0. The monoisotopic (exact) mass is 558 g/mol. The fraction of sp³-hybridized carbons (Fsp3) is 0.161. The van der Waals surface area contributed by atoms with Crippen molar-refractivity contribution in [3.05, 3.63) is 107 Å². The number of hydrogen-bond acceptors (Lipinski definition) is 6. The Balaban J connectivity index is 1.29. The van der Waals surface area contributed by atoms with Crippen LogP contribution in [0.15, 0.2) is 78.9 Å². The number of carboxylic acid groups (broad SMARTS) is 1. The number of nitrogens with zero attached hydrogens (tertiary/aromatic N) is 2. The quantitative estimate of drug-likeness (QED) is 0.248.